The van der Waals surface area contributed by atoms with Gasteiger partial charge in [0.05, 0.1) is 12.7 Å². The third kappa shape index (κ3) is 5.01. The molecule has 4 heterocycles. The van der Waals surface area contributed by atoms with Crippen LogP contribution >= 0.6 is 11.6 Å². The Hall–Kier alpha value is -1.94. The van der Waals surface area contributed by atoms with Crippen molar-refractivity contribution in [1.82, 2.24) is 25.0 Å². The number of morpholine rings is 1. The number of aromatic nitrogens is 3. The lowest BCUT2D eigenvalue weighted by atomic mass is 9.96. The molecule has 10 heteroatoms. The number of halogens is 2. The first kappa shape index (κ1) is 21.9. The van der Waals surface area contributed by atoms with Crippen LogP contribution in [0.3, 0.4) is 0 Å². The van der Waals surface area contributed by atoms with Crippen molar-refractivity contribution < 1.29 is 9.13 Å². The summed E-state index contributed by atoms with van der Waals surface area (Å²) >= 11 is 6.08. The predicted molar refractivity (Wildman–Crippen MR) is 123 cm³/mol. The van der Waals surface area contributed by atoms with Gasteiger partial charge < -0.3 is 15.4 Å². The molecular weight excluding hydrogens is 433 g/mol. The van der Waals surface area contributed by atoms with E-state index in [4.69, 9.17) is 22.1 Å². The number of aromatic amines is 1. The van der Waals surface area contributed by atoms with E-state index in [0.717, 1.165) is 50.5 Å². The normalized spacial score (nSPS) is 26.4. The number of benzene rings is 1. The number of rotatable bonds is 6. The van der Waals surface area contributed by atoms with E-state index in [9.17, 15) is 4.39 Å². The number of likely N-dealkylation sites (tertiary alicyclic amines) is 1. The first-order valence-electron chi connectivity index (χ1n) is 11.4. The third-order valence-corrected chi connectivity index (χ3v) is 7.13. The summed E-state index contributed by atoms with van der Waals surface area (Å²) in [5.74, 6) is 1.03. The van der Waals surface area contributed by atoms with Crippen molar-refractivity contribution in [1.29, 1.82) is 0 Å². The molecule has 1 aromatic heterocycles. The van der Waals surface area contributed by atoms with Gasteiger partial charge in [-0.05, 0) is 37.0 Å². The van der Waals surface area contributed by atoms with Gasteiger partial charge in [0.25, 0.3) is 0 Å². The molecule has 2 unspecified atom stereocenters. The number of hydrogen-bond acceptors (Lipinski definition) is 7. The lowest BCUT2D eigenvalue weighted by Gasteiger charge is -2.48. The fraction of sp³-hybridized carbons (Fsp3) is 0.636. The zero-order chi connectivity index (χ0) is 22.1. The number of nitrogens with one attached hydrogen (secondary N) is 1. The maximum Gasteiger partial charge on any atom is 0.246 e. The summed E-state index contributed by atoms with van der Waals surface area (Å²) in [5, 5.41) is 7.69. The quantitative estimate of drug-likeness (QED) is 0.677. The Balaban J connectivity index is 1.24. The van der Waals surface area contributed by atoms with Crippen LogP contribution < -0.4 is 10.6 Å². The monoisotopic (exact) mass is 463 g/mol. The summed E-state index contributed by atoms with van der Waals surface area (Å²) in [4.78, 5) is 11.3. The summed E-state index contributed by atoms with van der Waals surface area (Å²) in [7, 11) is 0. The molecular formula is C22H31ClFN7O. The third-order valence-electron chi connectivity index (χ3n) is 6.87. The molecule has 174 valence electrons. The molecule has 0 radical (unpaired) electrons. The molecule has 0 saturated carbocycles. The first-order valence-corrected chi connectivity index (χ1v) is 11.8. The highest BCUT2D eigenvalue weighted by molar-refractivity contribution is 6.30. The topological polar surface area (TPSA) is 86.5 Å². The lowest BCUT2D eigenvalue weighted by molar-refractivity contribution is -0.101. The number of alkyl halides is 1. The lowest BCUT2D eigenvalue weighted by Crippen LogP contribution is -2.60. The summed E-state index contributed by atoms with van der Waals surface area (Å²) in [6.07, 6.45) is 2.44. The van der Waals surface area contributed by atoms with Crippen LogP contribution in [0.1, 0.15) is 18.4 Å². The molecule has 3 saturated heterocycles. The second-order valence-corrected chi connectivity index (χ2v) is 9.63. The summed E-state index contributed by atoms with van der Waals surface area (Å²) < 4.78 is 19.5. The van der Waals surface area contributed by atoms with Gasteiger partial charge in [0.2, 0.25) is 11.9 Å². The maximum absolute atomic E-state index is 13.3. The Morgan fingerprint density at radius 3 is 2.56 bits per heavy atom. The van der Waals surface area contributed by atoms with Crippen LogP contribution in [0.4, 0.5) is 16.3 Å². The highest BCUT2D eigenvalue weighted by atomic mass is 35.5. The molecule has 1 aromatic carbocycles. The van der Waals surface area contributed by atoms with Crippen molar-refractivity contribution >= 4 is 23.5 Å². The standard InChI is InChI=1S/C22H31ClFN7O/c23-16-3-1-15(2-4-16)9-19-14-32-20(12-29-10-17(24)11-29)13-31(19)18-5-7-30(8-6-18)22-26-21(25)27-28-22/h1-4,17-20H,5-14H2,(H3,25,26,27,28). The van der Waals surface area contributed by atoms with Gasteiger partial charge in [0.15, 0.2) is 0 Å². The number of ether oxygens (including phenoxy) is 1. The Morgan fingerprint density at radius 2 is 1.91 bits per heavy atom. The van der Waals surface area contributed by atoms with E-state index in [0.29, 0.717) is 43.7 Å². The van der Waals surface area contributed by atoms with Crippen molar-refractivity contribution in [3.63, 3.8) is 0 Å². The molecule has 0 bridgehead atoms. The Bertz CT molecular complexity index is 883. The van der Waals surface area contributed by atoms with Crippen LogP contribution in [-0.2, 0) is 11.2 Å². The molecule has 0 aliphatic carbocycles. The number of nitrogens with zero attached hydrogens (tertiary/aromatic N) is 5. The summed E-state index contributed by atoms with van der Waals surface area (Å²) in [5.41, 5.74) is 6.96. The van der Waals surface area contributed by atoms with Crippen molar-refractivity contribution in [3.05, 3.63) is 34.9 Å². The van der Waals surface area contributed by atoms with Crippen LogP contribution in [0.25, 0.3) is 0 Å². The number of nitrogen functional groups attached to an aromatic ring is 1. The van der Waals surface area contributed by atoms with Gasteiger partial charge in [0.1, 0.15) is 6.17 Å². The van der Waals surface area contributed by atoms with Crippen molar-refractivity contribution in [2.24, 2.45) is 0 Å². The van der Waals surface area contributed by atoms with Crippen LogP contribution in [-0.4, -0.2) is 95.2 Å². The minimum absolute atomic E-state index is 0.120. The predicted octanol–water partition coefficient (Wildman–Crippen LogP) is 1.97. The van der Waals surface area contributed by atoms with Gasteiger partial charge in [-0.25, -0.2) is 9.49 Å². The smallest absolute Gasteiger partial charge is 0.246 e. The van der Waals surface area contributed by atoms with Gasteiger partial charge >= 0.3 is 0 Å². The van der Waals surface area contributed by atoms with Crippen LogP contribution in [0.2, 0.25) is 5.02 Å². The highest BCUT2D eigenvalue weighted by Crippen LogP contribution is 2.27. The van der Waals surface area contributed by atoms with Gasteiger partial charge in [-0.3, -0.25) is 9.80 Å². The second kappa shape index (κ2) is 9.51. The van der Waals surface area contributed by atoms with E-state index in [1.165, 1.54) is 5.56 Å². The number of anilines is 2. The minimum Gasteiger partial charge on any atom is -0.374 e. The van der Waals surface area contributed by atoms with Crippen LogP contribution in [0.5, 0.6) is 0 Å². The fourth-order valence-corrected chi connectivity index (χ4v) is 5.28. The SMILES string of the molecule is Nc1nc(N2CCC(N3CC(CN4CC(F)C4)OCC3Cc3ccc(Cl)cc3)CC2)n[nH]1. The molecule has 3 aliphatic rings. The fourth-order valence-electron chi connectivity index (χ4n) is 5.15. The van der Waals surface area contributed by atoms with Crippen LogP contribution in [0, 0.1) is 0 Å². The maximum atomic E-state index is 13.3. The average Bonchev–Trinajstić information content (AvgIpc) is 3.22. The Labute approximate surface area is 192 Å². The number of piperidine rings is 1. The Kier molecular flexibility index (Phi) is 6.50. The molecule has 2 aromatic rings. The minimum atomic E-state index is -0.679. The molecule has 3 N–H and O–H groups in total. The number of H-pyrrole nitrogens is 1. The molecule has 8 nitrogen and oxygen atoms in total. The zero-order valence-electron chi connectivity index (χ0n) is 18.2. The van der Waals surface area contributed by atoms with Gasteiger partial charge in [-0.1, -0.05) is 23.7 Å². The molecule has 2 atom stereocenters. The number of nitrogens with two attached hydrogens (primary N) is 1. The largest absolute Gasteiger partial charge is 0.374 e. The molecule has 0 spiro atoms. The van der Waals surface area contributed by atoms with E-state index in [2.05, 4.69) is 42.0 Å². The molecule has 32 heavy (non-hydrogen) atoms. The van der Waals surface area contributed by atoms with Crippen molar-refractivity contribution in [3.8, 4) is 0 Å². The van der Waals surface area contributed by atoms with Crippen LogP contribution in [0.15, 0.2) is 24.3 Å². The van der Waals surface area contributed by atoms with Gasteiger partial charge in [0, 0.05) is 56.4 Å². The molecule has 3 fully saturated rings. The molecule has 0 amide bonds. The zero-order valence-corrected chi connectivity index (χ0v) is 18.9. The van der Waals surface area contributed by atoms with E-state index < -0.39 is 6.17 Å². The first-order chi connectivity index (χ1) is 15.5. The van der Waals surface area contributed by atoms with E-state index >= 15 is 0 Å². The van der Waals surface area contributed by atoms with Crippen molar-refractivity contribution in [2.75, 3.05) is 56.5 Å². The number of hydrogen-bond donors (Lipinski definition) is 2. The summed E-state index contributed by atoms with van der Waals surface area (Å²) in [6, 6.07) is 8.89. The average molecular weight is 464 g/mol. The molecule has 5 rings (SSSR count). The van der Waals surface area contributed by atoms with E-state index in [-0.39, 0.29) is 6.10 Å². The van der Waals surface area contributed by atoms with Gasteiger partial charge in [-0.15, -0.1) is 5.10 Å². The van der Waals surface area contributed by atoms with Crippen molar-refractivity contribution in [2.45, 2.75) is 43.6 Å². The van der Waals surface area contributed by atoms with E-state index in [1.807, 2.05) is 12.1 Å². The Morgan fingerprint density at radius 1 is 1.16 bits per heavy atom. The molecule has 3 aliphatic heterocycles. The summed E-state index contributed by atoms with van der Waals surface area (Å²) in [6.45, 7) is 5.24. The van der Waals surface area contributed by atoms with Gasteiger partial charge in [-0.2, -0.15) is 4.98 Å². The highest BCUT2D eigenvalue weighted by Gasteiger charge is 2.37. The van der Waals surface area contributed by atoms with E-state index in [1.54, 1.807) is 0 Å². The second-order valence-electron chi connectivity index (χ2n) is 9.19.